The van der Waals surface area contributed by atoms with E-state index < -0.39 is 11.7 Å². The molecule has 1 N–H and O–H groups in total. The lowest BCUT2D eigenvalue weighted by atomic mass is 9.97. The highest BCUT2D eigenvalue weighted by Crippen LogP contribution is 2.31. The molecular formula is C18H22F3N5O. The Morgan fingerprint density at radius 1 is 1.11 bits per heavy atom. The van der Waals surface area contributed by atoms with Crippen LogP contribution in [0.2, 0.25) is 0 Å². The van der Waals surface area contributed by atoms with Crippen molar-refractivity contribution in [1.29, 1.82) is 0 Å². The molecule has 6 nitrogen and oxygen atoms in total. The number of aromatic nitrogens is 3. The summed E-state index contributed by atoms with van der Waals surface area (Å²) in [6.45, 7) is 1.08. The van der Waals surface area contributed by atoms with Gasteiger partial charge < -0.3 is 10.2 Å². The first-order chi connectivity index (χ1) is 12.9. The van der Waals surface area contributed by atoms with Crippen molar-refractivity contribution in [3.8, 4) is 0 Å². The quantitative estimate of drug-likeness (QED) is 0.888. The van der Waals surface area contributed by atoms with Crippen LogP contribution < -0.4 is 10.2 Å². The Morgan fingerprint density at radius 3 is 2.63 bits per heavy atom. The van der Waals surface area contributed by atoms with E-state index in [4.69, 9.17) is 0 Å². The Hall–Kier alpha value is -2.32. The van der Waals surface area contributed by atoms with Gasteiger partial charge in [0.25, 0.3) is 0 Å². The molecule has 1 aliphatic heterocycles. The molecule has 0 radical (unpaired) electrons. The molecule has 4 rings (SSSR count). The monoisotopic (exact) mass is 381 g/mol. The number of pyridine rings is 1. The van der Waals surface area contributed by atoms with Gasteiger partial charge in [-0.15, -0.1) is 10.2 Å². The number of hydrogen-bond acceptors (Lipinski definition) is 4. The summed E-state index contributed by atoms with van der Waals surface area (Å²) < 4.78 is 40.5. The lowest BCUT2D eigenvalue weighted by Crippen LogP contribution is -2.46. The number of nitrogens with zero attached hydrogens (tertiary/aromatic N) is 4. The number of carbonyl (C=O) groups is 1. The van der Waals surface area contributed by atoms with Gasteiger partial charge in [0.15, 0.2) is 5.65 Å². The Kier molecular flexibility index (Phi) is 4.69. The number of nitrogens with one attached hydrogen (secondary N) is 1. The van der Waals surface area contributed by atoms with Crippen LogP contribution in [-0.2, 0) is 11.0 Å². The summed E-state index contributed by atoms with van der Waals surface area (Å²) in [5.41, 5.74) is -0.390. The van der Waals surface area contributed by atoms with Gasteiger partial charge in [-0.1, -0.05) is 12.8 Å². The second-order valence-corrected chi connectivity index (χ2v) is 7.42. The second-order valence-electron chi connectivity index (χ2n) is 7.42. The maximum Gasteiger partial charge on any atom is 0.417 e. The molecule has 27 heavy (non-hydrogen) atoms. The Bertz CT molecular complexity index is 828. The number of fused-ring (bicyclic) bond motifs is 1. The third-order valence-electron chi connectivity index (χ3n) is 5.49. The highest BCUT2D eigenvalue weighted by Gasteiger charge is 2.33. The smallest absolute Gasteiger partial charge is 0.353 e. The molecule has 1 amide bonds. The van der Waals surface area contributed by atoms with Crippen LogP contribution in [0.3, 0.4) is 0 Å². The number of alkyl halides is 3. The van der Waals surface area contributed by atoms with E-state index in [0.717, 1.165) is 50.8 Å². The maximum atomic E-state index is 13.0. The van der Waals surface area contributed by atoms with Crippen LogP contribution in [0.1, 0.15) is 44.1 Å². The molecule has 1 saturated carbocycles. The van der Waals surface area contributed by atoms with Crippen LogP contribution in [0.15, 0.2) is 18.3 Å². The van der Waals surface area contributed by atoms with Crippen LogP contribution in [0.4, 0.5) is 19.1 Å². The van der Waals surface area contributed by atoms with Gasteiger partial charge in [0, 0.05) is 25.3 Å². The lowest BCUT2D eigenvalue weighted by Gasteiger charge is -2.32. The van der Waals surface area contributed by atoms with E-state index in [1.54, 1.807) is 0 Å². The van der Waals surface area contributed by atoms with E-state index in [0.29, 0.717) is 24.7 Å². The van der Waals surface area contributed by atoms with Gasteiger partial charge in [-0.25, -0.2) is 0 Å². The van der Waals surface area contributed by atoms with Crippen molar-refractivity contribution < 1.29 is 18.0 Å². The van der Waals surface area contributed by atoms with Crippen molar-refractivity contribution in [2.45, 2.75) is 50.7 Å². The van der Waals surface area contributed by atoms with Gasteiger partial charge in [-0.3, -0.25) is 9.20 Å². The number of piperidine rings is 1. The fraction of sp³-hybridized carbons (Fsp3) is 0.611. The van der Waals surface area contributed by atoms with Gasteiger partial charge in [0.05, 0.1) is 11.5 Å². The first-order valence-corrected chi connectivity index (χ1v) is 9.39. The number of carbonyl (C=O) groups excluding carboxylic acids is 1. The molecule has 2 fully saturated rings. The van der Waals surface area contributed by atoms with Gasteiger partial charge in [0.2, 0.25) is 11.9 Å². The lowest BCUT2D eigenvalue weighted by molar-refractivity contribution is -0.137. The maximum absolute atomic E-state index is 13.0. The summed E-state index contributed by atoms with van der Waals surface area (Å²) in [5, 5.41) is 11.2. The minimum Gasteiger partial charge on any atom is -0.353 e. The third kappa shape index (κ3) is 3.72. The van der Waals surface area contributed by atoms with Crippen molar-refractivity contribution in [3.63, 3.8) is 0 Å². The van der Waals surface area contributed by atoms with Crippen LogP contribution in [0, 0.1) is 5.92 Å². The van der Waals surface area contributed by atoms with E-state index >= 15 is 0 Å². The summed E-state index contributed by atoms with van der Waals surface area (Å²) in [5.74, 6) is 0.211. The molecule has 1 unspecified atom stereocenters. The third-order valence-corrected chi connectivity index (χ3v) is 5.49. The molecule has 2 aromatic heterocycles. The zero-order valence-electron chi connectivity index (χ0n) is 14.9. The van der Waals surface area contributed by atoms with E-state index in [1.165, 1.54) is 10.5 Å². The zero-order chi connectivity index (χ0) is 19.0. The van der Waals surface area contributed by atoms with E-state index in [1.807, 2.05) is 4.90 Å². The average Bonchev–Trinajstić information content (AvgIpc) is 3.30. The van der Waals surface area contributed by atoms with Crippen molar-refractivity contribution in [2.75, 3.05) is 18.0 Å². The molecule has 1 atom stereocenters. The van der Waals surface area contributed by atoms with E-state index in [2.05, 4.69) is 15.5 Å². The SMILES string of the molecule is O=C(NC1CCCC1)C1CCCN(c2nnc3ccc(C(F)(F)F)cn23)C1. The Morgan fingerprint density at radius 2 is 1.89 bits per heavy atom. The fourth-order valence-electron chi connectivity index (χ4n) is 4.02. The zero-order valence-corrected chi connectivity index (χ0v) is 14.9. The van der Waals surface area contributed by atoms with Gasteiger partial charge >= 0.3 is 6.18 Å². The Balaban J connectivity index is 1.53. The fourth-order valence-corrected chi connectivity index (χ4v) is 4.02. The van der Waals surface area contributed by atoms with Crippen LogP contribution in [0.5, 0.6) is 0 Å². The number of halogens is 3. The summed E-state index contributed by atoms with van der Waals surface area (Å²) in [7, 11) is 0. The first kappa shape index (κ1) is 18.1. The highest BCUT2D eigenvalue weighted by molar-refractivity contribution is 5.79. The van der Waals surface area contributed by atoms with E-state index in [-0.39, 0.29) is 17.9 Å². The van der Waals surface area contributed by atoms with Gasteiger partial charge in [0.1, 0.15) is 0 Å². The molecular weight excluding hydrogens is 359 g/mol. The Labute approximate surface area is 154 Å². The van der Waals surface area contributed by atoms with E-state index in [9.17, 15) is 18.0 Å². The predicted molar refractivity (Wildman–Crippen MR) is 93.3 cm³/mol. The molecule has 146 valence electrons. The summed E-state index contributed by atoms with van der Waals surface area (Å²) in [6, 6.07) is 2.58. The normalized spacial score (nSPS) is 21.7. The number of rotatable bonds is 3. The molecule has 1 aliphatic carbocycles. The molecule has 2 aromatic rings. The molecule has 9 heteroatoms. The molecule has 0 spiro atoms. The average molecular weight is 381 g/mol. The molecule has 0 bridgehead atoms. The highest BCUT2D eigenvalue weighted by atomic mass is 19.4. The first-order valence-electron chi connectivity index (χ1n) is 9.39. The minimum absolute atomic E-state index is 0.0383. The van der Waals surface area contributed by atoms with Crippen LogP contribution in [-0.4, -0.2) is 39.6 Å². The summed E-state index contributed by atoms with van der Waals surface area (Å²) in [6.07, 6.45) is 2.50. The van der Waals surface area contributed by atoms with Gasteiger partial charge in [-0.2, -0.15) is 13.2 Å². The number of amides is 1. The number of hydrogen-bond donors (Lipinski definition) is 1. The van der Waals surface area contributed by atoms with Crippen molar-refractivity contribution in [3.05, 3.63) is 23.9 Å². The summed E-state index contributed by atoms with van der Waals surface area (Å²) in [4.78, 5) is 14.5. The molecule has 2 aliphatic rings. The summed E-state index contributed by atoms with van der Waals surface area (Å²) >= 11 is 0. The molecule has 0 aromatic carbocycles. The largest absolute Gasteiger partial charge is 0.417 e. The van der Waals surface area contributed by atoms with Crippen molar-refractivity contribution in [2.24, 2.45) is 5.92 Å². The molecule has 3 heterocycles. The number of anilines is 1. The van der Waals surface area contributed by atoms with Crippen LogP contribution in [0.25, 0.3) is 5.65 Å². The minimum atomic E-state index is -4.43. The topological polar surface area (TPSA) is 62.5 Å². The van der Waals surface area contributed by atoms with Crippen molar-refractivity contribution in [1.82, 2.24) is 19.9 Å². The van der Waals surface area contributed by atoms with Gasteiger partial charge in [-0.05, 0) is 37.8 Å². The van der Waals surface area contributed by atoms with Crippen LogP contribution >= 0.6 is 0 Å². The second kappa shape index (κ2) is 7.01. The standard InChI is InChI=1S/C18H22F3N5O/c19-18(20,21)13-7-8-15-23-24-17(26(15)11-13)25-9-3-4-12(10-25)16(27)22-14-5-1-2-6-14/h7-8,11-12,14H,1-6,9-10H2,(H,22,27). The van der Waals surface area contributed by atoms with Crippen molar-refractivity contribution >= 4 is 17.5 Å². The molecule has 1 saturated heterocycles. The predicted octanol–water partition coefficient (Wildman–Crippen LogP) is 3.02.